The topological polar surface area (TPSA) is 498 Å². The second-order valence-electron chi connectivity index (χ2n) is 22.1. The highest BCUT2D eigenvalue weighted by molar-refractivity contribution is 7.80. The van der Waals surface area contributed by atoms with E-state index in [1.54, 1.807) is 67.0 Å². The van der Waals surface area contributed by atoms with Crippen molar-refractivity contribution in [2.75, 3.05) is 18.8 Å². The number of rotatable bonds is 38. The van der Waals surface area contributed by atoms with Crippen LogP contribution in [0.25, 0.3) is 21.8 Å². The van der Waals surface area contributed by atoms with Gasteiger partial charge in [0.25, 0.3) is 0 Å². The van der Waals surface area contributed by atoms with Gasteiger partial charge in [-0.15, -0.1) is 0 Å². The van der Waals surface area contributed by atoms with Crippen LogP contribution in [0.15, 0.2) is 91.3 Å². The fraction of sp³-hybridized carbons (Fsp3) is 0.426. The largest absolute Gasteiger partial charge is 0.481 e. The second kappa shape index (κ2) is 36.1. The number of carbonyl (C=O) groups is 13. The van der Waals surface area contributed by atoms with E-state index in [9.17, 15) is 67.4 Å². The average Bonchev–Trinajstić information content (AvgIpc) is 1.76. The summed E-state index contributed by atoms with van der Waals surface area (Å²) in [5, 5.41) is 36.1. The van der Waals surface area contributed by atoms with Crippen molar-refractivity contribution in [1.82, 2.24) is 63.1 Å². The number of primary amides is 2. The zero-order valence-corrected chi connectivity index (χ0v) is 52.0. The van der Waals surface area contributed by atoms with Gasteiger partial charge in [-0.3, -0.25) is 62.3 Å². The van der Waals surface area contributed by atoms with Crippen LogP contribution in [0.5, 0.6) is 0 Å². The number of H-pyrrole nitrogens is 2. The summed E-state index contributed by atoms with van der Waals surface area (Å²) < 4.78 is 0. The van der Waals surface area contributed by atoms with E-state index in [2.05, 4.69) is 75.8 Å². The molecule has 31 heteroatoms. The summed E-state index contributed by atoms with van der Waals surface area (Å²) in [4.78, 5) is 180. The van der Waals surface area contributed by atoms with Gasteiger partial charge < -0.3 is 91.2 Å². The number of carboxylic acids is 1. The maximum absolute atomic E-state index is 14.6. The Kier molecular flexibility index (Phi) is 28.6. The first kappa shape index (κ1) is 72.9. The molecule has 0 saturated carbocycles. The summed E-state index contributed by atoms with van der Waals surface area (Å²) in [6.07, 6.45) is 1.71. The van der Waals surface area contributed by atoms with E-state index in [-0.39, 0.29) is 44.4 Å². The lowest BCUT2D eigenvalue weighted by Crippen LogP contribution is -2.60. The van der Waals surface area contributed by atoms with Crippen molar-refractivity contribution in [3.63, 3.8) is 0 Å². The van der Waals surface area contributed by atoms with Crippen LogP contribution in [0, 0.1) is 0 Å². The SMILES string of the molecule is C[C@H](N)C(=O)N[C@@H](CS)C(=O)N[C@@H](Cc1c[nH]c2ccccc12)C(=O)N[C@@H](Cc1c[nH]c2ccccc12)C(=O)N[C@@H](C)C(=O)NCC(=O)N[C@@H](C)C(=O)N[C@@H](CCCCN)C(=O)N[C@@H](CCC(N)=O)C(=O)N[C@@H](CCC(=O)O)C(=O)N[C@@H](Cc1ccccc1)C(N)=O. The number of amides is 12. The van der Waals surface area contributed by atoms with Crippen LogP contribution in [0.3, 0.4) is 0 Å². The Morgan fingerprint density at radius 1 is 0.478 bits per heavy atom. The molecule has 92 heavy (non-hydrogen) atoms. The number of nitrogens with two attached hydrogens (primary N) is 4. The van der Waals surface area contributed by atoms with Crippen LogP contribution in [0.1, 0.15) is 82.4 Å². The zero-order chi connectivity index (χ0) is 67.6. The number of thiol groups is 1. The van der Waals surface area contributed by atoms with E-state index in [1.807, 2.05) is 24.3 Å². The van der Waals surface area contributed by atoms with Crippen LogP contribution in [0.4, 0.5) is 0 Å². The Balaban J connectivity index is 1.25. The summed E-state index contributed by atoms with van der Waals surface area (Å²) in [6.45, 7) is 3.50. The maximum atomic E-state index is 14.6. The number of hydrogen-bond acceptors (Lipinski definition) is 16. The van der Waals surface area contributed by atoms with Crippen molar-refractivity contribution in [1.29, 1.82) is 0 Å². The normalized spacial score (nSPS) is 14.4. The van der Waals surface area contributed by atoms with Crippen LogP contribution >= 0.6 is 12.6 Å². The lowest BCUT2D eigenvalue weighted by molar-refractivity contribution is -0.138. The number of aromatic amines is 2. The molecule has 30 nitrogen and oxygen atoms in total. The van der Waals surface area contributed by atoms with E-state index in [1.165, 1.54) is 20.8 Å². The molecule has 2 aromatic heterocycles. The summed E-state index contributed by atoms with van der Waals surface area (Å²) in [5.74, 6) is -12.0. The molecule has 0 fully saturated rings. The number of carboxylic acid groups (broad SMARTS) is 1. The van der Waals surface area contributed by atoms with Crippen molar-refractivity contribution in [3.8, 4) is 0 Å². The van der Waals surface area contributed by atoms with Crippen LogP contribution in [0.2, 0.25) is 0 Å². The standard InChI is InChI=1S/C61H82N16O14S/c1-32(63)53(83)77-48(31-92)61(91)76-47(27-37-29-67-41-18-10-8-16-39(37)41)60(90)75-46(26-36-28-66-40-17-9-7-15-38(36)40)59(89)70-33(2)54(84)68-30-50(79)69-34(3)55(85)71-42(19-11-12-24-62)56(86)72-43(20-22-49(64)78)57(87)73-44(21-23-51(80)81)58(88)74-45(52(65)82)25-35-13-5-4-6-14-35/h4-10,13-18,28-29,32-34,42-48,66-67,92H,11-12,19-27,30-31,62-63H2,1-3H3,(H2,64,78)(H2,65,82)(H,68,84)(H,69,79)(H,70,89)(H,71,85)(H,72,86)(H,73,87)(H,74,88)(H,75,90)(H,76,91)(H,77,83)(H,80,81)/t32-,33-,34-,42-,43-,44-,45-,46-,47-,48-/m0/s1. The number of hydrogen-bond donors (Lipinski definition) is 18. The smallest absolute Gasteiger partial charge is 0.303 e. The van der Waals surface area contributed by atoms with Crippen LogP contribution in [-0.4, -0.2) is 171 Å². The number of nitrogens with one attached hydrogen (secondary N) is 12. The van der Waals surface area contributed by atoms with Gasteiger partial charge >= 0.3 is 5.97 Å². The Bertz CT molecular complexity index is 3430. The number of benzene rings is 3. The number of fused-ring (bicyclic) bond motifs is 2. The minimum absolute atomic E-state index is 0.0432. The molecule has 0 aliphatic rings. The van der Waals surface area contributed by atoms with Gasteiger partial charge in [-0.2, -0.15) is 12.6 Å². The first-order valence-electron chi connectivity index (χ1n) is 29.8. The molecule has 10 atom stereocenters. The number of carbonyl (C=O) groups excluding carboxylic acids is 12. The molecule has 12 amide bonds. The lowest BCUT2D eigenvalue weighted by Gasteiger charge is -2.26. The van der Waals surface area contributed by atoms with Crippen molar-refractivity contribution in [2.24, 2.45) is 22.9 Å². The van der Waals surface area contributed by atoms with Gasteiger partial charge in [0.15, 0.2) is 0 Å². The molecule has 3 aromatic carbocycles. The van der Waals surface area contributed by atoms with Gasteiger partial charge in [-0.1, -0.05) is 66.7 Å². The first-order valence-corrected chi connectivity index (χ1v) is 30.4. The Labute approximate surface area is 534 Å². The highest BCUT2D eigenvalue weighted by Gasteiger charge is 2.35. The van der Waals surface area contributed by atoms with E-state index >= 15 is 0 Å². The van der Waals surface area contributed by atoms with E-state index in [4.69, 9.17) is 22.9 Å². The molecule has 5 aromatic rings. The van der Waals surface area contributed by atoms with E-state index < -0.39 is 170 Å². The van der Waals surface area contributed by atoms with Crippen molar-refractivity contribution in [2.45, 2.75) is 145 Å². The summed E-state index contributed by atoms with van der Waals surface area (Å²) in [7, 11) is 0. The van der Waals surface area contributed by atoms with E-state index in [0.717, 1.165) is 21.8 Å². The third-order valence-corrected chi connectivity index (χ3v) is 15.1. The van der Waals surface area contributed by atoms with E-state index in [0.29, 0.717) is 23.1 Å². The van der Waals surface area contributed by atoms with Crippen molar-refractivity contribution >= 4 is 111 Å². The molecule has 0 saturated heterocycles. The van der Waals surface area contributed by atoms with Gasteiger partial charge in [-0.25, -0.2) is 0 Å². The fourth-order valence-corrected chi connectivity index (χ4v) is 9.86. The maximum Gasteiger partial charge on any atom is 0.303 e. The minimum atomic E-state index is -1.61. The Morgan fingerprint density at radius 3 is 1.41 bits per heavy atom. The van der Waals surface area contributed by atoms with Gasteiger partial charge in [0.2, 0.25) is 70.9 Å². The molecule has 21 N–H and O–H groups in total. The highest BCUT2D eigenvalue weighted by Crippen LogP contribution is 2.22. The van der Waals surface area contributed by atoms with Gasteiger partial charge in [0.05, 0.1) is 12.6 Å². The van der Waals surface area contributed by atoms with Crippen molar-refractivity contribution < 1.29 is 67.4 Å². The Morgan fingerprint density at radius 2 is 0.913 bits per heavy atom. The highest BCUT2D eigenvalue weighted by atomic mass is 32.1. The second-order valence-corrected chi connectivity index (χ2v) is 22.4. The van der Waals surface area contributed by atoms with Gasteiger partial charge in [-0.05, 0) is 88.2 Å². The van der Waals surface area contributed by atoms with Crippen LogP contribution < -0.4 is 76.1 Å². The molecule has 5 rings (SSSR count). The predicted molar refractivity (Wildman–Crippen MR) is 341 cm³/mol. The third kappa shape index (κ3) is 22.9. The van der Waals surface area contributed by atoms with Crippen molar-refractivity contribution in [3.05, 3.63) is 108 Å². The Hall–Kier alpha value is -9.88. The zero-order valence-electron chi connectivity index (χ0n) is 51.1. The molecule has 2 heterocycles. The minimum Gasteiger partial charge on any atom is -0.481 e. The molecule has 0 spiro atoms. The quantitative estimate of drug-likeness (QED) is 0.0140. The summed E-state index contributed by atoms with van der Waals surface area (Å²) in [6, 6.07) is 9.45. The first-order chi connectivity index (χ1) is 43.8. The predicted octanol–water partition coefficient (Wildman–Crippen LogP) is -2.78. The van der Waals surface area contributed by atoms with Crippen LogP contribution in [-0.2, 0) is 81.6 Å². The van der Waals surface area contributed by atoms with Gasteiger partial charge in [0, 0.05) is 72.1 Å². The molecule has 0 aliphatic heterocycles. The van der Waals surface area contributed by atoms with Gasteiger partial charge in [0.1, 0.15) is 54.4 Å². The molecule has 0 radical (unpaired) electrons. The molecule has 0 bridgehead atoms. The summed E-state index contributed by atoms with van der Waals surface area (Å²) in [5.41, 5.74) is 25.8. The number of aliphatic carboxylic acids is 1. The lowest BCUT2D eigenvalue weighted by atomic mass is 10.0. The summed E-state index contributed by atoms with van der Waals surface area (Å²) >= 11 is 4.24. The molecular weight excluding hydrogens is 1210 g/mol. The number of para-hydroxylation sites is 2. The third-order valence-electron chi connectivity index (χ3n) is 14.8. The number of unbranched alkanes of at least 4 members (excludes halogenated alkanes) is 1. The molecule has 0 unspecified atom stereocenters. The number of aromatic nitrogens is 2. The fourth-order valence-electron chi connectivity index (χ4n) is 9.60. The average molecular weight is 1300 g/mol. The molecule has 0 aliphatic carbocycles. The molecular formula is C61H82N16O14S. The molecule has 496 valence electrons. The monoisotopic (exact) mass is 1290 g/mol.